The second kappa shape index (κ2) is 8.88. The van der Waals surface area contributed by atoms with E-state index in [1.165, 1.54) is 12.1 Å². The highest BCUT2D eigenvalue weighted by Crippen LogP contribution is 2.46. The highest BCUT2D eigenvalue weighted by Gasteiger charge is 2.40. The summed E-state index contributed by atoms with van der Waals surface area (Å²) in [5, 5.41) is 15.3. The Kier molecular flexibility index (Phi) is 6.11. The minimum absolute atomic E-state index is 0.0815. The Hall–Kier alpha value is -2.92. The van der Waals surface area contributed by atoms with Crippen LogP contribution in [0.25, 0.3) is 10.9 Å². The van der Waals surface area contributed by atoms with Crippen molar-refractivity contribution in [1.82, 2.24) is 9.97 Å². The molecule has 0 spiro atoms. The maximum absolute atomic E-state index is 14.8. The van der Waals surface area contributed by atoms with Crippen molar-refractivity contribution in [2.45, 2.75) is 51.2 Å². The number of rotatable bonds is 5. The van der Waals surface area contributed by atoms with Crippen LogP contribution >= 0.6 is 0 Å². The summed E-state index contributed by atoms with van der Waals surface area (Å²) in [6.45, 7) is 3.80. The van der Waals surface area contributed by atoms with Crippen LogP contribution in [0.15, 0.2) is 24.3 Å². The van der Waals surface area contributed by atoms with E-state index in [2.05, 4.69) is 15.3 Å². The van der Waals surface area contributed by atoms with E-state index >= 15 is 0 Å². The lowest BCUT2D eigenvalue weighted by Crippen LogP contribution is -2.36. The predicted octanol–water partition coefficient (Wildman–Crippen LogP) is 5.15. The Bertz CT molecular complexity index is 1450. The van der Waals surface area contributed by atoms with E-state index in [4.69, 9.17) is 9.52 Å². The number of anilines is 1. The summed E-state index contributed by atoms with van der Waals surface area (Å²) in [6, 6.07) is 4.97. The van der Waals surface area contributed by atoms with Gasteiger partial charge in [-0.25, -0.2) is 27.3 Å². The molecule has 2 aliphatic heterocycles. The Balaban J connectivity index is 1.62. The van der Waals surface area contributed by atoms with Crippen LogP contribution in [0.2, 0.25) is 0 Å². The standard InChI is InChI=1S/C25H27F3N4O3S/c1-13(15-4-3-5-16(20(15)26)23(27)28)30-24-18-12-19(25(33)7-10-36(29,34)11-8-25)22-17(6-9-35-22)21(18)31-14(2)32-24/h3-5,12-13,23,29,33H,6-11H2,1-2H3,(H,30,31,32). The lowest BCUT2D eigenvalue weighted by Gasteiger charge is -2.34. The highest BCUT2D eigenvalue weighted by atomic mass is 32.2. The molecule has 0 saturated carbocycles. The van der Waals surface area contributed by atoms with Gasteiger partial charge in [0.2, 0.25) is 0 Å². The van der Waals surface area contributed by atoms with Gasteiger partial charge in [-0.1, -0.05) is 18.2 Å². The van der Waals surface area contributed by atoms with Crippen molar-refractivity contribution < 1.29 is 27.2 Å². The third-order valence-corrected chi connectivity index (χ3v) is 8.78. The lowest BCUT2D eigenvalue weighted by atomic mass is 9.85. The molecule has 36 heavy (non-hydrogen) atoms. The minimum atomic E-state index is -2.93. The van der Waals surface area contributed by atoms with Crippen molar-refractivity contribution in [2.75, 3.05) is 23.4 Å². The molecule has 2 aromatic carbocycles. The average molecular weight is 521 g/mol. The Morgan fingerprint density at radius 3 is 2.61 bits per heavy atom. The first-order valence-corrected chi connectivity index (χ1v) is 13.7. The number of aryl methyl sites for hydroxylation is 1. The molecule has 1 atom stereocenters. The number of nitrogens with one attached hydrogen (secondary N) is 2. The van der Waals surface area contributed by atoms with Crippen LogP contribution in [0.3, 0.4) is 0 Å². The van der Waals surface area contributed by atoms with Crippen LogP contribution in [0.5, 0.6) is 5.75 Å². The van der Waals surface area contributed by atoms with E-state index in [9.17, 15) is 22.5 Å². The molecule has 0 radical (unpaired) electrons. The van der Waals surface area contributed by atoms with Crippen LogP contribution < -0.4 is 10.1 Å². The van der Waals surface area contributed by atoms with E-state index in [-0.39, 0.29) is 29.9 Å². The number of nitrogens with zero attached hydrogens (tertiary/aromatic N) is 2. The number of hydrogen-bond acceptors (Lipinski definition) is 7. The number of aliphatic hydroxyl groups is 1. The first-order chi connectivity index (χ1) is 17.0. The summed E-state index contributed by atoms with van der Waals surface area (Å²) < 4.78 is 67.4. The summed E-state index contributed by atoms with van der Waals surface area (Å²) in [5.41, 5.74) is 0.0898. The van der Waals surface area contributed by atoms with Crippen molar-refractivity contribution in [3.05, 3.63) is 58.2 Å². The second-order valence-electron chi connectivity index (χ2n) is 9.51. The summed E-state index contributed by atoms with van der Waals surface area (Å²) >= 11 is 0. The molecule has 3 N–H and O–H groups in total. The number of alkyl halides is 2. The number of benzene rings is 2. The zero-order valence-electron chi connectivity index (χ0n) is 19.9. The first-order valence-electron chi connectivity index (χ1n) is 11.8. The van der Waals surface area contributed by atoms with Gasteiger partial charge in [0.25, 0.3) is 6.43 Å². The SMILES string of the molecule is Cc1nc(NC(C)c2cccc(C(F)F)c2F)c2cc(C3(O)CCS(=N)(=O)CC3)c3c(c2n1)CCO3. The number of hydrogen-bond donors (Lipinski definition) is 3. The maximum Gasteiger partial charge on any atom is 0.266 e. The molecule has 1 fully saturated rings. The van der Waals surface area contributed by atoms with Gasteiger partial charge in [-0.3, -0.25) is 4.78 Å². The molecule has 0 aliphatic carbocycles. The first kappa shape index (κ1) is 24.8. The smallest absolute Gasteiger partial charge is 0.266 e. The lowest BCUT2D eigenvalue weighted by molar-refractivity contribution is 0.0246. The van der Waals surface area contributed by atoms with Crippen molar-refractivity contribution in [2.24, 2.45) is 0 Å². The Morgan fingerprint density at radius 1 is 1.22 bits per heavy atom. The third kappa shape index (κ3) is 4.28. The largest absolute Gasteiger partial charge is 0.492 e. The number of aromatic nitrogens is 2. The normalized spacial score (nSPS) is 24.5. The molecule has 3 heterocycles. The molecule has 0 amide bonds. The molecular weight excluding hydrogens is 493 g/mol. The molecule has 11 heteroatoms. The minimum Gasteiger partial charge on any atom is -0.492 e. The Labute approximate surface area is 207 Å². The maximum atomic E-state index is 14.8. The van der Waals surface area contributed by atoms with Crippen molar-refractivity contribution >= 4 is 26.4 Å². The van der Waals surface area contributed by atoms with Crippen LogP contribution in [-0.4, -0.2) is 37.4 Å². The zero-order chi connectivity index (χ0) is 25.8. The molecule has 1 unspecified atom stereocenters. The zero-order valence-corrected chi connectivity index (χ0v) is 20.7. The molecule has 192 valence electrons. The fourth-order valence-electron chi connectivity index (χ4n) is 5.05. The van der Waals surface area contributed by atoms with Gasteiger partial charge in [0.1, 0.15) is 23.2 Å². The predicted molar refractivity (Wildman–Crippen MR) is 131 cm³/mol. The van der Waals surface area contributed by atoms with Crippen molar-refractivity contribution in [1.29, 1.82) is 4.78 Å². The number of fused-ring (bicyclic) bond motifs is 3. The van der Waals surface area contributed by atoms with Gasteiger partial charge in [-0.15, -0.1) is 0 Å². The van der Waals surface area contributed by atoms with E-state index in [0.29, 0.717) is 46.9 Å². The van der Waals surface area contributed by atoms with Crippen molar-refractivity contribution in [3.8, 4) is 5.75 Å². The topological polar surface area (TPSA) is 108 Å². The fourth-order valence-corrected chi connectivity index (χ4v) is 6.59. The second-order valence-corrected chi connectivity index (χ2v) is 12.0. The van der Waals surface area contributed by atoms with Gasteiger partial charge in [0.15, 0.2) is 0 Å². The Morgan fingerprint density at radius 2 is 1.92 bits per heavy atom. The summed E-state index contributed by atoms with van der Waals surface area (Å²) in [5.74, 6) is 0.604. The van der Waals surface area contributed by atoms with E-state index in [1.807, 2.05) is 0 Å². The molecule has 0 bridgehead atoms. The summed E-state index contributed by atoms with van der Waals surface area (Å²) in [4.78, 5) is 9.13. The van der Waals surface area contributed by atoms with Crippen LogP contribution in [0.4, 0.5) is 19.0 Å². The molecule has 3 aromatic rings. The monoisotopic (exact) mass is 520 g/mol. The van der Waals surface area contributed by atoms with Gasteiger partial charge in [0.05, 0.1) is 29.3 Å². The molecule has 1 saturated heterocycles. The van der Waals surface area contributed by atoms with Gasteiger partial charge in [-0.05, 0) is 32.8 Å². The van der Waals surface area contributed by atoms with Gasteiger partial charge in [0, 0.05) is 49.7 Å². The van der Waals surface area contributed by atoms with Gasteiger partial charge in [-0.2, -0.15) is 0 Å². The van der Waals surface area contributed by atoms with Crippen molar-refractivity contribution in [3.63, 3.8) is 0 Å². The molecule has 1 aromatic heterocycles. The number of halogens is 3. The van der Waals surface area contributed by atoms with Gasteiger partial charge < -0.3 is 15.2 Å². The van der Waals surface area contributed by atoms with E-state index < -0.39 is 39.2 Å². The average Bonchev–Trinajstić information content (AvgIpc) is 3.31. The number of ether oxygens (including phenoxy) is 1. The molecule has 2 aliphatic rings. The van der Waals surface area contributed by atoms with Crippen LogP contribution in [-0.2, 0) is 21.8 Å². The quantitative estimate of drug-likeness (QED) is 0.429. The summed E-state index contributed by atoms with van der Waals surface area (Å²) in [6.07, 6.45) is -2.04. The van der Waals surface area contributed by atoms with Gasteiger partial charge >= 0.3 is 0 Å². The highest BCUT2D eigenvalue weighted by molar-refractivity contribution is 7.92. The van der Waals surface area contributed by atoms with E-state index in [0.717, 1.165) is 11.6 Å². The summed E-state index contributed by atoms with van der Waals surface area (Å²) in [7, 11) is -2.72. The fraction of sp³-hybridized carbons (Fsp3) is 0.440. The molecule has 7 nitrogen and oxygen atoms in total. The molecular formula is C25H27F3N4O3S. The van der Waals surface area contributed by atoms with E-state index in [1.54, 1.807) is 19.9 Å². The van der Waals surface area contributed by atoms with Crippen LogP contribution in [0, 0.1) is 17.5 Å². The third-order valence-electron chi connectivity index (χ3n) is 7.05. The van der Waals surface area contributed by atoms with Crippen LogP contribution in [0.1, 0.15) is 60.3 Å². The molecule has 5 rings (SSSR count).